The third-order valence-electron chi connectivity index (χ3n) is 2.71. The molecule has 1 heterocycles. The molecule has 0 aromatic carbocycles. The molecule has 0 aliphatic heterocycles. The molecule has 2 atom stereocenters. The molecule has 0 saturated carbocycles. The first kappa shape index (κ1) is 12.2. The van der Waals surface area contributed by atoms with Gasteiger partial charge in [0, 0.05) is 0 Å². The summed E-state index contributed by atoms with van der Waals surface area (Å²) in [7, 11) is 0. The van der Waals surface area contributed by atoms with Gasteiger partial charge in [-0.2, -0.15) is 5.10 Å². The van der Waals surface area contributed by atoms with Crippen LogP contribution in [0.3, 0.4) is 0 Å². The van der Waals surface area contributed by atoms with E-state index in [1.54, 1.807) is 11.0 Å². The van der Waals surface area contributed by atoms with Crippen LogP contribution in [-0.2, 0) is 0 Å². The number of unbranched alkanes of at least 4 members (excludes halogenated alkanes) is 1. The molecule has 0 spiro atoms. The lowest BCUT2D eigenvalue weighted by atomic mass is 9.96. The van der Waals surface area contributed by atoms with Crippen molar-refractivity contribution >= 4 is 0 Å². The maximum Gasteiger partial charge on any atom is 0.137 e. The molecule has 0 aliphatic rings. The van der Waals surface area contributed by atoms with Gasteiger partial charge in [-0.15, -0.1) is 0 Å². The summed E-state index contributed by atoms with van der Waals surface area (Å²) in [6, 6.07) is 0.0625. The van der Waals surface area contributed by atoms with Crippen LogP contribution in [0.2, 0.25) is 0 Å². The molecule has 0 saturated heterocycles. The molecule has 4 heteroatoms. The second-order valence-electron chi connectivity index (χ2n) is 4.32. The lowest BCUT2D eigenvalue weighted by molar-refractivity contribution is 0.0587. The van der Waals surface area contributed by atoms with E-state index >= 15 is 0 Å². The summed E-state index contributed by atoms with van der Waals surface area (Å²) in [4.78, 5) is 3.93. The molecule has 1 N–H and O–H groups in total. The largest absolute Gasteiger partial charge is 0.391 e. The Kier molecular flexibility index (Phi) is 4.75. The molecule has 0 amide bonds. The van der Waals surface area contributed by atoms with Gasteiger partial charge >= 0.3 is 0 Å². The van der Waals surface area contributed by atoms with Crippen molar-refractivity contribution < 1.29 is 5.11 Å². The van der Waals surface area contributed by atoms with Gasteiger partial charge in [-0.05, 0) is 12.3 Å². The molecule has 1 aromatic heterocycles. The van der Waals surface area contributed by atoms with E-state index in [1.807, 2.05) is 13.8 Å². The smallest absolute Gasteiger partial charge is 0.137 e. The van der Waals surface area contributed by atoms with Crippen LogP contribution in [0.25, 0.3) is 0 Å². The molecule has 1 rings (SSSR count). The van der Waals surface area contributed by atoms with Crippen molar-refractivity contribution in [2.45, 2.75) is 52.2 Å². The zero-order chi connectivity index (χ0) is 11.3. The molecule has 0 radical (unpaired) electrons. The molecule has 4 nitrogen and oxygen atoms in total. The van der Waals surface area contributed by atoms with Crippen LogP contribution >= 0.6 is 0 Å². The number of aliphatic hydroxyl groups is 1. The molecule has 2 unspecified atom stereocenters. The summed E-state index contributed by atoms with van der Waals surface area (Å²) in [6.45, 7) is 6.21. The van der Waals surface area contributed by atoms with Crippen molar-refractivity contribution in [3.8, 4) is 0 Å². The van der Waals surface area contributed by atoms with Gasteiger partial charge in [0.05, 0.1) is 12.1 Å². The minimum absolute atomic E-state index is 0.0625. The van der Waals surface area contributed by atoms with Crippen molar-refractivity contribution in [3.63, 3.8) is 0 Å². The Balaban J connectivity index is 2.69. The van der Waals surface area contributed by atoms with Gasteiger partial charge in [0.1, 0.15) is 12.7 Å². The van der Waals surface area contributed by atoms with Gasteiger partial charge in [-0.25, -0.2) is 9.67 Å². The van der Waals surface area contributed by atoms with Crippen molar-refractivity contribution in [3.05, 3.63) is 12.7 Å². The highest BCUT2D eigenvalue weighted by Gasteiger charge is 2.23. The molecule has 15 heavy (non-hydrogen) atoms. The zero-order valence-corrected chi connectivity index (χ0v) is 9.80. The third-order valence-corrected chi connectivity index (χ3v) is 2.71. The summed E-state index contributed by atoms with van der Waals surface area (Å²) in [5.74, 6) is 0.246. The highest BCUT2D eigenvalue weighted by atomic mass is 16.3. The number of hydrogen-bond acceptors (Lipinski definition) is 3. The first-order valence-corrected chi connectivity index (χ1v) is 5.69. The Hall–Kier alpha value is -0.900. The fraction of sp³-hybridized carbons (Fsp3) is 0.818. The second kappa shape index (κ2) is 5.85. The number of nitrogens with zero attached hydrogens (tertiary/aromatic N) is 3. The van der Waals surface area contributed by atoms with E-state index in [1.165, 1.54) is 6.33 Å². The van der Waals surface area contributed by atoms with Gasteiger partial charge in [0.15, 0.2) is 0 Å². The average molecular weight is 211 g/mol. The van der Waals surface area contributed by atoms with Gasteiger partial charge in [0.25, 0.3) is 0 Å². The molecular formula is C11H21N3O. The number of rotatable bonds is 6. The highest BCUT2D eigenvalue weighted by molar-refractivity contribution is 4.77. The predicted molar refractivity (Wildman–Crippen MR) is 59.4 cm³/mol. The SMILES string of the molecule is CCCCC(C(O)C(C)C)n1cncn1. The Labute approximate surface area is 91.3 Å². The quantitative estimate of drug-likeness (QED) is 0.783. The monoisotopic (exact) mass is 211 g/mol. The van der Waals surface area contributed by atoms with Crippen LogP contribution in [0.4, 0.5) is 0 Å². The van der Waals surface area contributed by atoms with E-state index < -0.39 is 0 Å². The van der Waals surface area contributed by atoms with Gasteiger partial charge < -0.3 is 5.11 Å². The van der Waals surface area contributed by atoms with Gasteiger partial charge in [-0.1, -0.05) is 33.6 Å². The first-order valence-electron chi connectivity index (χ1n) is 5.69. The van der Waals surface area contributed by atoms with E-state index in [9.17, 15) is 5.11 Å². The first-order chi connectivity index (χ1) is 7.16. The molecule has 0 bridgehead atoms. The molecule has 0 aliphatic carbocycles. The summed E-state index contributed by atoms with van der Waals surface area (Å²) in [5.41, 5.74) is 0. The van der Waals surface area contributed by atoms with Crippen LogP contribution in [0.15, 0.2) is 12.7 Å². The normalized spacial score (nSPS) is 15.5. The fourth-order valence-electron chi connectivity index (χ4n) is 1.71. The summed E-state index contributed by atoms with van der Waals surface area (Å²) >= 11 is 0. The molecule has 0 fully saturated rings. The van der Waals surface area contributed by atoms with Gasteiger partial charge in [-0.3, -0.25) is 0 Å². The van der Waals surface area contributed by atoms with Crippen molar-refractivity contribution in [1.82, 2.24) is 14.8 Å². The zero-order valence-electron chi connectivity index (χ0n) is 9.80. The van der Waals surface area contributed by atoms with Crippen LogP contribution in [0.5, 0.6) is 0 Å². The van der Waals surface area contributed by atoms with Crippen LogP contribution < -0.4 is 0 Å². The highest BCUT2D eigenvalue weighted by Crippen LogP contribution is 2.22. The van der Waals surface area contributed by atoms with E-state index in [0.29, 0.717) is 0 Å². The maximum absolute atomic E-state index is 10.1. The van der Waals surface area contributed by atoms with Gasteiger partial charge in [0.2, 0.25) is 0 Å². The Bertz CT molecular complexity index is 259. The Morgan fingerprint density at radius 2 is 2.13 bits per heavy atom. The Morgan fingerprint density at radius 1 is 1.40 bits per heavy atom. The minimum Gasteiger partial charge on any atom is -0.391 e. The van der Waals surface area contributed by atoms with Crippen molar-refractivity contribution in [2.75, 3.05) is 0 Å². The lowest BCUT2D eigenvalue weighted by Gasteiger charge is -2.25. The second-order valence-corrected chi connectivity index (χ2v) is 4.32. The summed E-state index contributed by atoms with van der Waals surface area (Å²) < 4.78 is 1.78. The summed E-state index contributed by atoms with van der Waals surface area (Å²) in [6.07, 6.45) is 6.06. The average Bonchev–Trinajstić information content (AvgIpc) is 2.71. The Morgan fingerprint density at radius 3 is 2.60 bits per heavy atom. The molecular weight excluding hydrogens is 190 g/mol. The molecule has 86 valence electrons. The van der Waals surface area contributed by atoms with E-state index in [2.05, 4.69) is 17.0 Å². The van der Waals surface area contributed by atoms with E-state index in [0.717, 1.165) is 19.3 Å². The predicted octanol–water partition coefficient (Wildman–Crippen LogP) is 2.03. The van der Waals surface area contributed by atoms with Crippen molar-refractivity contribution in [2.24, 2.45) is 5.92 Å². The maximum atomic E-state index is 10.1. The van der Waals surface area contributed by atoms with Crippen LogP contribution in [-0.4, -0.2) is 26.0 Å². The van der Waals surface area contributed by atoms with E-state index in [-0.39, 0.29) is 18.1 Å². The van der Waals surface area contributed by atoms with Crippen molar-refractivity contribution in [1.29, 1.82) is 0 Å². The minimum atomic E-state index is -0.349. The van der Waals surface area contributed by atoms with E-state index in [4.69, 9.17) is 0 Å². The van der Waals surface area contributed by atoms with Crippen LogP contribution in [0.1, 0.15) is 46.1 Å². The standard InChI is InChI=1S/C11H21N3O/c1-4-5-6-10(11(15)9(2)3)14-8-12-7-13-14/h7-11,15H,4-6H2,1-3H3. The number of aromatic nitrogens is 3. The number of hydrogen-bond donors (Lipinski definition) is 1. The summed E-state index contributed by atoms with van der Waals surface area (Å²) in [5, 5.41) is 14.2. The topological polar surface area (TPSA) is 50.9 Å². The third kappa shape index (κ3) is 3.30. The fourth-order valence-corrected chi connectivity index (χ4v) is 1.71. The number of aliphatic hydroxyl groups excluding tert-OH is 1. The lowest BCUT2D eigenvalue weighted by Crippen LogP contribution is -2.29. The molecule has 1 aromatic rings. The van der Waals surface area contributed by atoms with Crippen LogP contribution in [0, 0.1) is 5.92 Å².